The number of carbonyl (C=O) groups excluding carboxylic acids is 1. The van der Waals surface area contributed by atoms with Crippen molar-refractivity contribution in [2.24, 2.45) is 0 Å². The lowest BCUT2D eigenvalue weighted by molar-refractivity contribution is 0.0790. The topological polar surface area (TPSA) is 56.0 Å². The molecule has 0 saturated heterocycles. The van der Waals surface area contributed by atoms with E-state index in [0.717, 1.165) is 27.2 Å². The third-order valence-corrected chi connectivity index (χ3v) is 6.50. The van der Waals surface area contributed by atoms with Gasteiger partial charge < -0.3 is 4.90 Å². The Bertz CT molecular complexity index is 1370. The highest BCUT2D eigenvalue weighted by Crippen LogP contribution is 2.31. The average Bonchev–Trinajstić information content (AvgIpc) is 3.52. The first-order chi connectivity index (χ1) is 15.6. The van der Waals surface area contributed by atoms with E-state index in [9.17, 15) is 4.79 Å². The summed E-state index contributed by atoms with van der Waals surface area (Å²) in [5.74, 6) is 0.000945. The zero-order valence-corrected chi connectivity index (χ0v) is 18.8. The van der Waals surface area contributed by atoms with Crippen LogP contribution in [0.3, 0.4) is 0 Å². The predicted molar refractivity (Wildman–Crippen MR) is 127 cm³/mol. The number of aromatic nitrogens is 4. The minimum absolute atomic E-state index is 0.000945. The second kappa shape index (κ2) is 8.43. The Hall–Kier alpha value is -3.71. The number of para-hydroxylation sites is 1. The van der Waals surface area contributed by atoms with E-state index < -0.39 is 0 Å². The summed E-state index contributed by atoms with van der Waals surface area (Å²) in [5, 5.41) is 10.1. The van der Waals surface area contributed by atoms with Gasteiger partial charge in [0.2, 0.25) is 0 Å². The summed E-state index contributed by atoms with van der Waals surface area (Å²) in [6.07, 6.45) is 3.83. The lowest BCUT2D eigenvalue weighted by Gasteiger charge is -2.15. The van der Waals surface area contributed by atoms with E-state index in [0.29, 0.717) is 18.0 Å². The molecule has 6 nitrogen and oxygen atoms in total. The molecule has 0 atom stereocenters. The van der Waals surface area contributed by atoms with Gasteiger partial charge in [-0.05, 0) is 30.7 Å². The van der Waals surface area contributed by atoms with Crippen LogP contribution in [0.4, 0.5) is 0 Å². The highest BCUT2D eigenvalue weighted by molar-refractivity contribution is 7.20. The third-order valence-electron chi connectivity index (χ3n) is 5.40. The van der Waals surface area contributed by atoms with Crippen LogP contribution in [0.15, 0.2) is 79.1 Å². The number of thiophene rings is 1. The van der Waals surface area contributed by atoms with E-state index in [2.05, 4.69) is 22.3 Å². The molecule has 0 N–H and O–H groups in total. The molecule has 0 spiro atoms. The predicted octanol–water partition coefficient (Wildman–Crippen LogP) is 4.91. The second-order valence-electron chi connectivity index (χ2n) is 7.86. The van der Waals surface area contributed by atoms with E-state index in [1.54, 1.807) is 4.90 Å². The molecular weight excluding hydrogens is 418 g/mol. The molecule has 0 bridgehead atoms. The summed E-state index contributed by atoms with van der Waals surface area (Å²) < 4.78 is 3.82. The van der Waals surface area contributed by atoms with Crippen LogP contribution < -0.4 is 0 Å². The van der Waals surface area contributed by atoms with E-state index in [1.807, 2.05) is 90.3 Å². The fraction of sp³-hybridized carbons (Fsp3) is 0.160. The summed E-state index contributed by atoms with van der Waals surface area (Å²) in [4.78, 5) is 16.6. The van der Waals surface area contributed by atoms with Gasteiger partial charge in [-0.15, -0.1) is 11.3 Å². The molecule has 160 valence electrons. The molecule has 3 aromatic heterocycles. The Kier molecular flexibility index (Phi) is 5.33. The molecule has 7 heteroatoms. The van der Waals surface area contributed by atoms with E-state index in [1.165, 1.54) is 16.9 Å². The fourth-order valence-corrected chi connectivity index (χ4v) is 4.95. The van der Waals surface area contributed by atoms with Crippen LogP contribution in [0.5, 0.6) is 0 Å². The Morgan fingerprint density at radius 1 is 1.03 bits per heavy atom. The third kappa shape index (κ3) is 3.94. The summed E-state index contributed by atoms with van der Waals surface area (Å²) in [6, 6.07) is 22.2. The summed E-state index contributed by atoms with van der Waals surface area (Å²) in [6.45, 7) is 3.20. The van der Waals surface area contributed by atoms with Crippen molar-refractivity contribution in [3.05, 3.63) is 101 Å². The van der Waals surface area contributed by atoms with Gasteiger partial charge in [-0.2, -0.15) is 10.2 Å². The van der Waals surface area contributed by atoms with Crippen LogP contribution in [0, 0.1) is 6.92 Å². The molecule has 1 amide bonds. The van der Waals surface area contributed by atoms with Gasteiger partial charge >= 0.3 is 0 Å². The molecule has 32 heavy (non-hydrogen) atoms. The Morgan fingerprint density at radius 2 is 1.75 bits per heavy atom. The SMILES string of the molecule is Cc1nn(-c2ccccc2)c2sc(C(=O)N(C)Cc3cnn(Cc4ccccc4)c3)cc12. The molecule has 0 fully saturated rings. The lowest BCUT2D eigenvalue weighted by atomic mass is 10.2. The maximum atomic E-state index is 13.2. The zero-order valence-electron chi connectivity index (χ0n) is 18.0. The van der Waals surface area contributed by atoms with Gasteiger partial charge in [-0.1, -0.05) is 48.5 Å². The second-order valence-corrected chi connectivity index (χ2v) is 8.89. The van der Waals surface area contributed by atoms with Gasteiger partial charge in [0, 0.05) is 30.7 Å². The van der Waals surface area contributed by atoms with Gasteiger partial charge in [0.1, 0.15) is 4.83 Å². The minimum Gasteiger partial charge on any atom is -0.337 e. The largest absolute Gasteiger partial charge is 0.337 e. The van der Waals surface area contributed by atoms with Gasteiger partial charge in [0.25, 0.3) is 5.91 Å². The van der Waals surface area contributed by atoms with Crippen LogP contribution >= 0.6 is 11.3 Å². The number of benzene rings is 2. The van der Waals surface area contributed by atoms with Gasteiger partial charge in [-0.25, -0.2) is 4.68 Å². The van der Waals surface area contributed by atoms with Crippen molar-refractivity contribution in [2.75, 3.05) is 7.05 Å². The molecule has 0 radical (unpaired) electrons. The molecular formula is C25H23N5OS. The fourth-order valence-electron chi connectivity index (χ4n) is 3.78. The average molecular weight is 442 g/mol. The van der Waals surface area contributed by atoms with Crippen LogP contribution in [0.25, 0.3) is 15.9 Å². The van der Waals surface area contributed by atoms with Crippen molar-refractivity contribution in [2.45, 2.75) is 20.0 Å². The first-order valence-corrected chi connectivity index (χ1v) is 11.3. The number of aryl methyl sites for hydroxylation is 1. The molecule has 0 aliphatic rings. The summed E-state index contributed by atoms with van der Waals surface area (Å²) in [5.41, 5.74) is 4.11. The molecule has 0 saturated carbocycles. The number of hydrogen-bond donors (Lipinski definition) is 0. The van der Waals surface area contributed by atoms with Crippen LogP contribution in [-0.4, -0.2) is 37.4 Å². The van der Waals surface area contributed by atoms with Gasteiger partial charge in [-0.3, -0.25) is 9.48 Å². The Balaban J connectivity index is 1.33. The maximum absolute atomic E-state index is 13.2. The van der Waals surface area contributed by atoms with Crippen LogP contribution in [0.1, 0.15) is 26.5 Å². The highest BCUT2D eigenvalue weighted by Gasteiger charge is 2.20. The molecule has 5 rings (SSSR count). The monoisotopic (exact) mass is 441 g/mol. The molecule has 3 heterocycles. The number of rotatable bonds is 6. The normalized spacial score (nSPS) is 11.2. The zero-order chi connectivity index (χ0) is 22.1. The number of carbonyl (C=O) groups is 1. The molecule has 0 aliphatic carbocycles. The van der Waals surface area contributed by atoms with Gasteiger partial charge in [0.05, 0.1) is 29.0 Å². The van der Waals surface area contributed by atoms with Gasteiger partial charge in [0.15, 0.2) is 0 Å². The van der Waals surface area contributed by atoms with Crippen molar-refractivity contribution in [3.8, 4) is 5.69 Å². The molecule has 2 aromatic carbocycles. The molecule has 0 aliphatic heterocycles. The van der Waals surface area contributed by atoms with Crippen molar-refractivity contribution in [1.29, 1.82) is 0 Å². The summed E-state index contributed by atoms with van der Waals surface area (Å²) >= 11 is 1.48. The van der Waals surface area contributed by atoms with Crippen molar-refractivity contribution in [1.82, 2.24) is 24.5 Å². The first kappa shape index (κ1) is 20.2. The highest BCUT2D eigenvalue weighted by atomic mass is 32.1. The standard InChI is InChI=1S/C25H23N5OS/c1-18-22-13-23(32-25(22)30(27-18)21-11-7-4-8-12-21)24(31)28(2)15-20-14-26-29(17-20)16-19-9-5-3-6-10-19/h3-14,17H,15-16H2,1-2H3. The molecule has 0 unspecified atom stereocenters. The van der Waals surface area contributed by atoms with Crippen molar-refractivity contribution >= 4 is 27.5 Å². The minimum atomic E-state index is 0.000945. The lowest BCUT2D eigenvalue weighted by Crippen LogP contribution is -2.25. The van der Waals surface area contributed by atoms with E-state index >= 15 is 0 Å². The van der Waals surface area contributed by atoms with Crippen molar-refractivity contribution in [3.63, 3.8) is 0 Å². The van der Waals surface area contributed by atoms with E-state index in [-0.39, 0.29) is 5.91 Å². The maximum Gasteiger partial charge on any atom is 0.264 e. The van der Waals surface area contributed by atoms with Crippen LogP contribution in [-0.2, 0) is 13.1 Å². The number of amides is 1. The van der Waals surface area contributed by atoms with Crippen LogP contribution in [0.2, 0.25) is 0 Å². The quantitative estimate of drug-likeness (QED) is 0.376. The number of fused-ring (bicyclic) bond motifs is 1. The number of nitrogens with zero attached hydrogens (tertiary/aromatic N) is 5. The Labute approximate surface area is 190 Å². The first-order valence-electron chi connectivity index (χ1n) is 10.4. The summed E-state index contributed by atoms with van der Waals surface area (Å²) in [7, 11) is 1.83. The smallest absolute Gasteiger partial charge is 0.264 e. The van der Waals surface area contributed by atoms with Crippen molar-refractivity contribution < 1.29 is 4.79 Å². The van der Waals surface area contributed by atoms with E-state index in [4.69, 9.17) is 0 Å². The Morgan fingerprint density at radius 3 is 2.50 bits per heavy atom. The molecule has 5 aromatic rings. The number of hydrogen-bond acceptors (Lipinski definition) is 4.